The zero-order chi connectivity index (χ0) is 14.9. The van der Waals surface area contributed by atoms with Gasteiger partial charge in [0.1, 0.15) is 12.2 Å². The van der Waals surface area contributed by atoms with Crippen LogP contribution in [-0.4, -0.2) is 49.2 Å². The summed E-state index contributed by atoms with van der Waals surface area (Å²) in [7, 11) is 1.53. The molecule has 3 aliphatic rings. The van der Waals surface area contributed by atoms with Crippen molar-refractivity contribution in [1.29, 1.82) is 0 Å². The van der Waals surface area contributed by atoms with E-state index in [-0.39, 0.29) is 18.1 Å². The van der Waals surface area contributed by atoms with E-state index in [0.717, 1.165) is 25.7 Å². The molecule has 1 N–H and O–H groups in total. The van der Waals surface area contributed by atoms with Crippen LogP contribution in [0.1, 0.15) is 38.5 Å². The molecule has 2 saturated heterocycles. The van der Waals surface area contributed by atoms with Crippen molar-refractivity contribution in [2.45, 2.75) is 68.9 Å². The van der Waals surface area contributed by atoms with Gasteiger partial charge < -0.3 is 24.1 Å². The lowest BCUT2D eigenvalue weighted by Crippen LogP contribution is -2.39. The van der Waals surface area contributed by atoms with Gasteiger partial charge in [-0.3, -0.25) is 0 Å². The predicted octanol–water partition coefficient (Wildman–Crippen LogP) is 1.43. The first-order valence-corrected chi connectivity index (χ1v) is 7.81. The zero-order valence-electron chi connectivity index (χ0n) is 12.5. The van der Waals surface area contributed by atoms with E-state index < -0.39 is 18.2 Å². The standard InChI is InChI=1S/C16H24O5/c1-3-7-11-13(17)15(18-2)20-14(11)12-10-19-16(21-12)8-5-4-6-9-16/h1,11-15,17H,4-10H2,2H3/t11-,12-,13-,14+,15-/m1/s1. The fourth-order valence-corrected chi connectivity index (χ4v) is 3.76. The summed E-state index contributed by atoms with van der Waals surface area (Å²) in [6.07, 6.45) is 9.43. The van der Waals surface area contributed by atoms with Crippen LogP contribution in [0.5, 0.6) is 0 Å². The summed E-state index contributed by atoms with van der Waals surface area (Å²) in [6, 6.07) is 0. The molecule has 3 fully saturated rings. The molecule has 2 heterocycles. The smallest absolute Gasteiger partial charge is 0.183 e. The Morgan fingerprint density at radius 2 is 2.10 bits per heavy atom. The molecule has 0 unspecified atom stereocenters. The molecule has 0 aromatic carbocycles. The van der Waals surface area contributed by atoms with Gasteiger partial charge in [-0.25, -0.2) is 0 Å². The van der Waals surface area contributed by atoms with Gasteiger partial charge in [0.2, 0.25) is 0 Å². The quantitative estimate of drug-likeness (QED) is 0.799. The highest BCUT2D eigenvalue weighted by molar-refractivity contribution is 5.00. The van der Waals surface area contributed by atoms with Crippen molar-refractivity contribution < 1.29 is 24.1 Å². The summed E-state index contributed by atoms with van der Waals surface area (Å²) in [5.74, 6) is 2.00. The van der Waals surface area contributed by atoms with Crippen molar-refractivity contribution in [3.05, 3.63) is 0 Å². The number of hydrogen-bond donors (Lipinski definition) is 1. The summed E-state index contributed by atoms with van der Waals surface area (Å²) in [5.41, 5.74) is 0. The van der Waals surface area contributed by atoms with E-state index in [4.69, 9.17) is 25.4 Å². The van der Waals surface area contributed by atoms with Gasteiger partial charge in [0.05, 0.1) is 12.7 Å². The molecule has 5 atom stereocenters. The number of aliphatic hydroxyl groups excluding tert-OH is 1. The first kappa shape index (κ1) is 15.3. The fourth-order valence-electron chi connectivity index (χ4n) is 3.76. The third kappa shape index (κ3) is 2.84. The van der Waals surface area contributed by atoms with E-state index in [1.807, 2.05) is 0 Å². The first-order chi connectivity index (χ1) is 10.2. The highest BCUT2D eigenvalue weighted by Crippen LogP contribution is 2.42. The Morgan fingerprint density at radius 1 is 1.33 bits per heavy atom. The van der Waals surface area contributed by atoms with Crippen LogP contribution in [0.25, 0.3) is 0 Å². The molecule has 1 aliphatic carbocycles. The summed E-state index contributed by atoms with van der Waals surface area (Å²) in [5, 5.41) is 10.3. The maximum absolute atomic E-state index is 10.3. The number of aliphatic hydroxyl groups is 1. The van der Waals surface area contributed by atoms with Crippen LogP contribution in [0.15, 0.2) is 0 Å². The Balaban J connectivity index is 1.69. The lowest BCUT2D eigenvalue weighted by Gasteiger charge is -2.32. The fraction of sp³-hybridized carbons (Fsp3) is 0.875. The molecule has 0 aromatic heterocycles. The lowest BCUT2D eigenvalue weighted by molar-refractivity contribution is -0.209. The molecule has 0 amide bonds. The number of hydrogen-bond acceptors (Lipinski definition) is 5. The largest absolute Gasteiger partial charge is 0.387 e. The molecule has 5 nitrogen and oxygen atoms in total. The molecule has 2 aliphatic heterocycles. The zero-order valence-corrected chi connectivity index (χ0v) is 12.5. The Bertz CT molecular complexity index is 398. The molecule has 1 spiro atoms. The molecule has 3 rings (SSSR count). The maximum atomic E-state index is 10.3. The van der Waals surface area contributed by atoms with Crippen LogP contribution < -0.4 is 0 Å². The van der Waals surface area contributed by atoms with Gasteiger partial charge in [-0.2, -0.15) is 0 Å². The van der Waals surface area contributed by atoms with Crippen molar-refractivity contribution in [2.24, 2.45) is 5.92 Å². The van der Waals surface area contributed by atoms with Crippen molar-refractivity contribution >= 4 is 0 Å². The lowest BCUT2D eigenvalue weighted by atomic mass is 9.91. The average Bonchev–Trinajstić information content (AvgIpc) is 3.03. The third-order valence-electron chi connectivity index (χ3n) is 4.88. The van der Waals surface area contributed by atoms with E-state index in [2.05, 4.69) is 5.92 Å². The normalized spacial score (nSPS) is 42.2. The monoisotopic (exact) mass is 296 g/mol. The van der Waals surface area contributed by atoms with Crippen molar-refractivity contribution in [1.82, 2.24) is 0 Å². The van der Waals surface area contributed by atoms with Crippen LogP contribution in [0.2, 0.25) is 0 Å². The second kappa shape index (κ2) is 6.23. The Kier molecular flexibility index (Phi) is 4.53. The van der Waals surface area contributed by atoms with Crippen LogP contribution in [0, 0.1) is 18.3 Å². The van der Waals surface area contributed by atoms with Crippen LogP contribution in [0.3, 0.4) is 0 Å². The van der Waals surface area contributed by atoms with Gasteiger partial charge in [-0.15, -0.1) is 12.3 Å². The van der Waals surface area contributed by atoms with Crippen molar-refractivity contribution in [3.8, 4) is 12.3 Å². The van der Waals surface area contributed by atoms with Gasteiger partial charge in [0.25, 0.3) is 0 Å². The van der Waals surface area contributed by atoms with E-state index in [1.54, 1.807) is 0 Å². The van der Waals surface area contributed by atoms with Gasteiger partial charge in [0, 0.05) is 32.3 Å². The first-order valence-electron chi connectivity index (χ1n) is 7.81. The topological polar surface area (TPSA) is 57.2 Å². The minimum absolute atomic E-state index is 0.174. The summed E-state index contributed by atoms with van der Waals surface area (Å²) >= 11 is 0. The maximum Gasteiger partial charge on any atom is 0.183 e. The predicted molar refractivity (Wildman–Crippen MR) is 75.3 cm³/mol. The molecule has 0 bridgehead atoms. The third-order valence-corrected chi connectivity index (χ3v) is 4.88. The molecule has 0 radical (unpaired) electrons. The second-order valence-corrected chi connectivity index (χ2v) is 6.21. The van der Waals surface area contributed by atoms with E-state index >= 15 is 0 Å². The summed E-state index contributed by atoms with van der Waals surface area (Å²) in [6.45, 7) is 0.495. The summed E-state index contributed by atoms with van der Waals surface area (Å²) < 4.78 is 23.2. The Hall–Kier alpha value is -0.640. The van der Waals surface area contributed by atoms with Crippen molar-refractivity contribution in [3.63, 3.8) is 0 Å². The van der Waals surface area contributed by atoms with Gasteiger partial charge in [-0.1, -0.05) is 6.42 Å². The highest BCUT2D eigenvalue weighted by atomic mass is 16.8. The number of terminal acetylenes is 1. The highest BCUT2D eigenvalue weighted by Gasteiger charge is 2.52. The van der Waals surface area contributed by atoms with Crippen LogP contribution in [0.4, 0.5) is 0 Å². The van der Waals surface area contributed by atoms with E-state index in [1.165, 1.54) is 13.5 Å². The molecular formula is C16H24O5. The number of rotatable bonds is 3. The van der Waals surface area contributed by atoms with Crippen molar-refractivity contribution in [2.75, 3.05) is 13.7 Å². The van der Waals surface area contributed by atoms with E-state index in [9.17, 15) is 5.11 Å². The SMILES string of the molecule is C#CC[C@@H]1[C@@H](O)[C@H](OC)O[C@@H]1[C@H]1COC2(CCCCC2)O1. The van der Waals surface area contributed by atoms with Crippen LogP contribution in [-0.2, 0) is 18.9 Å². The Morgan fingerprint density at radius 3 is 2.76 bits per heavy atom. The minimum atomic E-state index is -0.720. The van der Waals surface area contributed by atoms with Gasteiger partial charge in [-0.05, 0) is 12.8 Å². The van der Waals surface area contributed by atoms with Gasteiger partial charge in [0.15, 0.2) is 12.1 Å². The number of ether oxygens (including phenoxy) is 4. The van der Waals surface area contributed by atoms with Gasteiger partial charge >= 0.3 is 0 Å². The molecular weight excluding hydrogens is 272 g/mol. The molecule has 5 heteroatoms. The molecule has 21 heavy (non-hydrogen) atoms. The van der Waals surface area contributed by atoms with E-state index in [0.29, 0.717) is 13.0 Å². The summed E-state index contributed by atoms with van der Waals surface area (Å²) in [4.78, 5) is 0. The number of methoxy groups -OCH3 is 1. The average molecular weight is 296 g/mol. The molecule has 0 aromatic rings. The Labute approximate surface area is 125 Å². The molecule has 1 saturated carbocycles. The molecule has 118 valence electrons. The second-order valence-electron chi connectivity index (χ2n) is 6.21. The van der Waals surface area contributed by atoms with Crippen LogP contribution >= 0.6 is 0 Å². The minimum Gasteiger partial charge on any atom is -0.387 e.